The number of rotatable bonds is 10. The number of halogens is 5. The van der Waals surface area contributed by atoms with Gasteiger partial charge in [-0.25, -0.2) is 17.6 Å². The number of aryl methyl sites for hydroxylation is 1. The molecule has 1 aromatic heterocycles. The number of ether oxygens (including phenoxy) is 3. The largest absolute Gasteiger partial charge is 0.481 e. The number of aromatic nitrogens is 2. The van der Waals surface area contributed by atoms with Crippen molar-refractivity contribution in [3.63, 3.8) is 0 Å². The Morgan fingerprint density at radius 1 is 1.15 bits per heavy atom. The lowest BCUT2D eigenvalue weighted by Gasteiger charge is -2.29. The first-order valence-electron chi connectivity index (χ1n) is 10.8. The Hall–Kier alpha value is -2.07. The van der Waals surface area contributed by atoms with Crippen molar-refractivity contribution in [1.29, 1.82) is 0 Å². The third-order valence-corrected chi connectivity index (χ3v) is 5.91. The van der Waals surface area contributed by atoms with E-state index in [0.29, 0.717) is 25.9 Å². The van der Waals surface area contributed by atoms with Gasteiger partial charge in [-0.3, -0.25) is 4.57 Å². The normalized spacial score (nSPS) is 19.8. The fourth-order valence-corrected chi connectivity index (χ4v) is 4.20. The number of imidazole rings is 1. The fourth-order valence-electron chi connectivity index (χ4n) is 3.98. The predicted octanol–water partition coefficient (Wildman–Crippen LogP) is 5.47. The number of hydrogen-bond acceptors (Lipinski definition) is 5. The molecule has 6 nitrogen and oxygen atoms in total. The Balaban J connectivity index is 1.67. The summed E-state index contributed by atoms with van der Waals surface area (Å²) in [5, 5.41) is -0.530. The second kappa shape index (κ2) is 10.9. The molecular formula is C22H27ClF4N2O4. The molecule has 2 aromatic rings. The maximum atomic E-state index is 14.9. The zero-order valence-corrected chi connectivity index (χ0v) is 19.4. The van der Waals surface area contributed by atoms with Crippen LogP contribution in [-0.4, -0.2) is 47.2 Å². The highest BCUT2D eigenvalue weighted by Crippen LogP contribution is 2.38. The molecule has 33 heavy (non-hydrogen) atoms. The van der Waals surface area contributed by atoms with Crippen molar-refractivity contribution in [1.82, 2.24) is 9.55 Å². The van der Waals surface area contributed by atoms with E-state index in [1.54, 1.807) is 6.92 Å². The number of fused-ring (bicyclic) bond motifs is 1. The number of carbonyl (C=O) groups excluding carboxylic acids is 1. The molecule has 3 rings (SSSR count). The van der Waals surface area contributed by atoms with Crippen LogP contribution in [0.4, 0.5) is 17.6 Å². The minimum Gasteiger partial charge on any atom is -0.481 e. The molecule has 0 radical (unpaired) electrons. The Labute approximate surface area is 194 Å². The minimum atomic E-state index is -2.90. The van der Waals surface area contributed by atoms with Gasteiger partial charge in [-0.05, 0) is 38.5 Å². The third kappa shape index (κ3) is 6.09. The molecule has 1 aliphatic rings. The van der Waals surface area contributed by atoms with Gasteiger partial charge >= 0.3 is 0 Å². The van der Waals surface area contributed by atoms with E-state index < -0.39 is 35.4 Å². The molecule has 1 fully saturated rings. The first-order valence-corrected chi connectivity index (χ1v) is 11.2. The van der Waals surface area contributed by atoms with Crippen LogP contribution in [0, 0.1) is 17.6 Å². The van der Waals surface area contributed by atoms with E-state index in [-0.39, 0.29) is 41.0 Å². The van der Waals surface area contributed by atoms with Crippen molar-refractivity contribution in [3.05, 3.63) is 16.7 Å². The van der Waals surface area contributed by atoms with Crippen LogP contribution in [0.3, 0.4) is 0 Å². The minimum absolute atomic E-state index is 0.0376. The summed E-state index contributed by atoms with van der Waals surface area (Å²) in [6.45, 7) is 2.87. The average Bonchev–Trinajstić information content (AvgIpc) is 3.07. The summed E-state index contributed by atoms with van der Waals surface area (Å²) < 4.78 is 71.9. The summed E-state index contributed by atoms with van der Waals surface area (Å²) in [5.74, 6) is -3.14. The van der Waals surface area contributed by atoms with Crippen molar-refractivity contribution in [2.45, 2.75) is 64.6 Å². The summed E-state index contributed by atoms with van der Waals surface area (Å²) in [5.41, 5.74) is -0.373. The first-order chi connectivity index (χ1) is 15.6. The van der Waals surface area contributed by atoms with Gasteiger partial charge in [0.1, 0.15) is 34.6 Å². The summed E-state index contributed by atoms with van der Waals surface area (Å²) >= 11 is 5.98. The summed E-state index contributed by atoms with van der Waals surface area (Å²) in [6, 6.07) is 0.0376. The number of ketones is 1. The van der Waals surface area contributed by atoms with Gasteiger partial charge in [0.25, 0.3) is 12.4 Å². The van der Waals surface area contributed by atoms with E-state index in [9.17, 15) is 22.4 Å². The second-order valence-electron chi connectivity index (χ2n) is 8.48. The van der Waals surface area contributed by atoms with Gasteiger partial charge in [0.15, 0.2) is 17.4 Å². The van der Waals surface area contributed by atoms with Gasteiger partial charge in [-0.2, -0.15) is 4.98 Å². The van der Waals surface area contributed by atoms with Gasteiger partial charge in [0.2, 0.25) is 0 Å². The number of nitrogens with zero attached hydrogens (tertiary/aromatic N) is 2. The molecular weight excluding hydrogens is 468 g/mol. The molecule has 1 aromatic carbocycles. The Bertz CT molecular complexity index is 993. The van der Waals surface area contributed by atoms with Crippen LogP contribution in [0.5, 0.6) is 11.8 Å². The maximum absolute atomic E-state index is 14.9. The van der Waals surface area contributed by atoms with Crippen molar-refractivity contribution >= 4 is 28.4 Å². The lowest BCUT2D eigenvalue weighted by molar-refractivity contribution is -0.118. The van der Waals surface area contributed by atoms with Crippen LogP contribution in [0.1, 0.15) is 46.0 Å². The van der Waals surface area contributed by atoms with E-state index in [2.05, 4.69) is 9.72 Å². The lowest BCUT2D eigenvalue weighted by atomic mass is 9.95. The highest BCUT2D eigenvalue weighted by atomic mass is 35.5. The third-order valence-electron chi connectivity index (χ3n) is 5.56. The van der Waals surface area contributed by atoms with Crippen LogP contribution in [0.2, 0.25) is 5.02 Å². The number of Topliss-reactive ketones (excluding diaryl/α,β-unsaturated/α-hetero) is 1. The molecule has 1 atom stereocenters. The van der Waals surface area contributed by atoms with Gasteiger partial charge in [0.05, 0.1) is 6.10 Å². The van der Waals surface area contributed by atoms with Crippen molar-refractivity contribution in [2.24, 2.45) is 13.0 Å². The predicted molar refractivity (Wildman–Crippen MR) is 114 cm³/mol. The number of benzene rings is 1. The number of alkyl halides is 2. The second-order valence-corrected chi connectivity index (χ2v) is 8.86. The molecule has 0 spiro atoms. The fraction of sp³-hybridized carbons (Fsp3) is 0.636. The molecule has 0 bridgehead atoms. The van der Waals surface area contributed by atoms with Crippen molar-refractivity contribution in [2.75, 3.05) is 13.2 Å². The van der Waals surface area contributed by atoms with Crippen LogP contribution >= 0.6 is 11.6 Å². The average molecular weight is 495 g/mol. The van der Waals surface area contributed by atoms with Crippen LogP contribution in [0.25, 0.3) is 11.0 Å². The van der Waals surface area contributed by atoms with Gasteiger partial charge in [0, 0.05) is 20.1 Å². The summed E-state index contributed by atoms with van der Waals surface area (Å²) in [7, 11) is 1.46. The molecule has 1 aliphatic carbocycles. The summed E-state index contributed by atoms with van der Waals surface area (Å²) in [6.07, 6.45) is 0.268. The van der Waals surface area contributed by atoms with Gasteiger partial charge < -0.3 is 19.0 Å². The molecule has 0 amide bonds. The lowest BCUT2D eigenvalue weighted by Crippen LogP contribution is -2.30. The highest BCUT2D eigenvalue weighted by molar-refractivity contribution is 6.35. The van der Waals surface area contributed by atoms with E-state index in [0.717, 1.165) is 12.8 Å². The maximum Gasteiger partial charge on any atom is 0.297 e. The number of carbonyl (C=O) groups is 1. The van der Waals surface area contributed by atoms with Gasteiger partial charge in [-0.15, -0.1) is 0 Å². The van der Waals surface area contributed by atoms with Crippen LogP contribution in [0.15, 0.2) is 0 Å². The molecule has 0 unspecified atom stereocenters. The van der Waals surface area contributed by atoms with Crippen LogP contribution < -0.4 is 9.47 Å². The quantitative estimate of drug-likeness (QED) is 0.324. The molecule has 11 heteroatoms. The summed E-state index contributed by atoms with van der Waals surface area (Å²) in [4.78, 5) is 15.3. The molecule has 0 aliphatic heterocycles. The Kier molecular flexibility index (Phi) is 8.44. The van der Waals surface area contributed by atoms with E-state index in [4.69, 9.17) is 21.1 Å². The smallest absolute Gasteiger partial charge is 0.297 e. The van der Waals surface area contributed by atoms with Crippen molar-refractivity contribution < 1.29 is 36.6 Å². The van der Waals surface area contributed by atoms with E-state index >= 15 is 0 Å². The molecule has 0 N–H and O–H groups in total. The standard InChI is InChI=1S/C22H27ClF4N2O4/c1-11(8-12(2)30)9-31-13-4-6-14(7-5-13)33-22-28-19-16(23)17(26)21(32-10-15(24)25)18(27)20(19)29(22)3/h11,13-15H,4-10H2,1-3H3/t11-,13?,14?/m1/s1. The van der Waals surface area contributed by atoms with Crippen LogP contribution in [-0.2, 0) is 16.6 Å². The highest BCUT2D eigenvalue weighted by Gasteiger charge is 2.29. The SMILES string of the molecule is CC(=O)C[C@@H](C)COC1CCC(Oc2nc3c(Cl)c(F)c(OCC(F)F)c(F)c3n2C)CC1. The molecule has 1 heterocycles. The molecule has 1 saturated carbocycles. The molecule has 184 valence electrons. The first kappa shape index (κ1) is 25.6. The van der Waals surface area contributed by atoms with E-state index in [1.165, 1.54) is 11.6 Å². The van der Waals surface area contributed by atoms with Gasteiger partial charge in [-0.1, -0.05) is 18.5 Å². The Morgan fingerprint density at radius 2 is 1.79 bits per heavy atom. The zero-order valence-electron chi connectivity index (χ0n) is 18.7. The molecule has 0 saturated heterocycles. The zero-order chi connectivity index (χ0) is 24.3. The van der Waals surface area contributed by atoms with E-state index in [1.807, 2.05) is 6.92 Å². The topological polar surface area (TPSA) is 62.6 Å². The van der Waals surface area contributed by atoms with Crippen molar-refractivity contribution in [3.8, 4) is 11.8 Å². The Morgan fingerprint density at radius 3 is 2.39 bits per heavy atom. The monoisotopic (exact) mass is 494 g/mol. The number of hydrogen-bond donors (Lipinski definition) is 0.